The van der Waals surface area contributed by atoms with Crippen molar-refractivity contribution in [2.75, 3.05) is 11.9 Å². The second-order valence-corrected chi connectivity index (χ2v) is 11.1. The van der Waals surface area contributed by atoms with Crippen molar-refractivity contribution >= 4 is 49.5 Å². The zero-order chi connectivity index (χ0) is 19.9. The topological polar surface area (TPSA) is 110 Å². The quantitative estimate of drug-likeness (QED) is 0.746. The zero-order valence-electron chi connectivity index (χ0n) is 15.1. The number of aryl methyl sites for hydroxylation is 1. The molecule has 0 bridgehead atoms. The molecule has 7 nitrogen and oxygen atoms in total. The maximum Gasteiger partial charge on any atom is 0.253 e. The van der Waals surface area contributed by atoms with Gasteiger partial charge in [0.2, 0.25) is 5.91 Å². The number of sulfonamides is 1. The van der Waals surface area contributed by atoms with E-state index in [2.05, 4.69) is 5.32 Å². The summed E-state index contributed by atoms with van der Waals surface area (Å²) in [7, 11) is -3.73. The van der Waals surface area contributed by atoms with Gasteiger partial charge in [0.05, 0.1) is 5.56 Å². The van der Waals surface area contributed by atoms with Crippen LogP contribution in [-0.4, -0.2) is 37.1 Å². The average Bonchev–Trinajstić information content (AvgIpc) is 3.38. The Bertz CT molecular complexity index is 1010. The van der Waals surface area contributed by atoms with Crippen molar-refractivity contribution in [3.63, 3.8) is 0 Å². The predicted molar refractivity (Wildman–Crippen MR) is 109 cm³/mol. The summed E-state index contributed by atoms with van der Waals surface area (Å²) in [6, 6.07) is 2.44. The van der Waals surface area contributed by atoms with Gasteiger partial charge in [0, 0.05) is 11.4 Å². The maximum absolute atomic E-state index is 13.0. The van der Waals surface area contributed by atoms with Gasteiger partial charge in [-0.2, -0.15) is 4.31 Å². The van der Waals surface area contributed by atoms with E-state index in [0.29, 0.717) is 30.0 Å². The van der Waals surface area contributed by atoms with Crippen molar-refractivity contribution in [2.45, 2.75) is 48.8 Å². The Morgan fingerprint density at radius 3 is 2.75 bits per heavy atom. The van der Waals surface area contributed by atoms with Gasteiger partial charge in [-0.15, -0.1) is 22.7 Å². The number of fused-ring (bicyclic) bond motifs is 1. The molecule has 0 saturated carbocycles. The zero-order valence-corrected chi connectivity index (χ0v) is 17.6. The third kappa shape index (κ3) is 3.38. The molecule has 3 N–H and O–H groups in total. The van der Waals surface area contributed by atoms with E-state index in [-0.39, 0.29) is 4.21 Å². The van der Waals surface area contributed by atoms with Crippen molar-refractivity contribution in [2.24, 2.45) is 5.73 Å². The van der Waals surface area contributed by atoms with E-state index in [1.54, 1.807) is 17.5 Å². The number of carbonyl (C=O) groups excluding carboxylic acids is 2. The highest BCUT2D eigenvalue weighted by Gasteiger charge is 2.39. The fourth-order valence-corrected chi connectivity index (χ4v) is 8.00. The molecule has 2 aromatic heterocycles. The minimum Gasteiger partial charge on any atom is -0.365 e. The molecule has 2 aromatic rings. The van der Waals surface area contributed by atoms with Gasteiger partial charge in [-0.25, -0.2) is 8.42 Å². The standard InChI is InChI=1S/C18H21N3O4S3/c19-16(22)15-11-5-3-7-13(11)27-18(15)20-17(23)12-6-1-2-9-21(12)28(24,25)14-8-4-10-26-14/h4,8,10,12H,1-3,5-7,9H2,(H2,19,22)(H,20,23)/t12-/m1/s1. The first-order valence-corrected chi connectivity index (χ1v) is 12.3. The van der Waals surface area contributed by atoms with Crippen molar-refractivity contribution in [3.8, 4) is 0 Å². The van der Waals surface area contributed by atoms with Crippen LogP contribution in [0.2, 0.25) is 0 Å². The summed E-state index contributed by atoms with van der Waals surface area (Å²) in [6.07, 6.45) is 4.58. The monoisotopic (exact) mass is 439 g/mol. The van der Waals surface area contributed by atoms with Crippen LogP contribution in [0.25, 0.3) is 0 Å². The van der Waals surface area contributed by atoms with Crippen LogP contribution in [0.3, 0.4) is 0 Å². The highest BCUT2D eigenvalue weighted by molar-refractivity contribution is 7.91. The van der Waals surface area contributed by atoms with Crippen LogP contribution in [0.1, 0.15) is 46.5 Å². The minimum absolute atomic E-state index is 0.236. The highest BCUT2D eigenvalue weighted by Crippen LogP contribution is 2.39. The third-order valence-corrected chi connectivity index (χ3v) is 9.71. The van der Waals surface area contributed by atoms with Crippen LogP contribution < -0.4 is 11.1 Å². The maximum atomic E-state index is 13.0. The largest absolute Gasteiger partial charge is 0.365 e. The van der Waals surface area contributed by atoms with Crippen LogP contribution >= 0.6 is 22.7 Å². The third-order valence-electron chi connectivity index (χ3n) is 5.22. The molecule has 2 amide bonds. The van der Waals surface area contributed by atoms with E-state index >= 15 is 0 Å². The van der Waals surface area contributed by atoms with Crippen LogP contribution in [0, 0.1) is 0 Å². The van der Waals surface area contributed by atoms with E-state index in [1.165, 1.54) is 15.6 Å². The molecule has 1 aliphatic heterocycles. The lowest BCUT2D eigenvalue weighted by Crippen LogP contribution is -2.49. The molecular weight excluding hydrogens is 418 g/mol. The molecule has 1 atom stereocenters. The Balaban J connectivity index is 1.61. The number of nitrogens with two attached hydrogens (primary N) is 1. The molecule has 0 aromatic carbocycles. The van der Waals surface area contributed by atoms with Gasteiger partial charge < -0.3 is 11.1 Å². The number of amides is 2. The number of rotatable bonds is 5. The Morgan fingerprint density at radius 1 is 1.21 bits per heavy atom. The first-order chi connectivity index (χ1) is 13.4. The normalized spacial score (nSPS) is 20.1. The van der Waals surface area contributed by atoms with E-state index in [0.717, 1.165) is 47.5 Å². The Morgan fingerprint density at radius 2 is 2.04 bits per heavy atom. The van der Waals surface area contributed by atoms with E-state index in [4.69, 9.17) is 5.73 Å². The number of nitrogens with zero attached hydrogens (tertiary/aromatic N) is 1. The van der Waals surface area contributed by atoms with Crippen LogP contribution in [0.15, 0.2) is 21.7 Å². The lowest BCUT2D eigenvalue weighted by Gasteiger charge is -2.33. The molecule has 1 fully saturated rings. The van der Waals surface area contributed by atoms with Crippen molar-refractivity contribution < 1.29 is 18.0 Å². The minimum atomic E-state index is -3.73. The number of hydrogen-bond donors (Lipinski definition) is 2. The number of carbonyl (C=O) groups is 2. The Hall–Kier alpha value is -1.75. The molecule has 1 saturated heterocycles. The molecule has 0 radical (unpaired) electrons. The average molecular weight is 440 g/mol. The number of hydrogen-bond acceptors (Lipinski definition) is 6. The fraction of sp³-hybridized carbons (Fsp3) is 0.444. The fourth-order valence-electron chi connectivity index (χ4n) is 3.93. The van der Waals surface area contributed by atoms with Gasteiger partial charge in [-0.3, -0.25) is 9.59 Å². The predicted octanol–water partition coefficient (Wildman–Crippen LogP) is 2.58. The Labute approximate surface area is 171 Å². The molecule has 3 heterocycles. The number of nitrogens with one attached hydrogen (secondary N) is 1. The second kappa shape index (κ2) is 7.58. The van der Waals surface area contributed by atoms with E-state index in [1.807, 2.05) is 0 Å². The van der Waals surface area contributed by atoms with E-state index < -0.39 is 27.9 Å². The van der Waals surface area contributed by atoms with Gasteiger partial charge in [0.25, 0.3) is 15.9 Å². The summed E-state index contributed by atoms with van der Waals surface area (Å²) in [5.74, 6) is -0.955. The van der Waals surface area contributed by atoms with Crippen molar-refractivity contribution in [1.29, 1.82) is 0 Å². The summed E-state index contributed by atoms with van der Waals surface area (Å²) in [5, 5.41) is 4.97. The molecule has 4 rings (SSSR count). The Kier molecular flexibility index (Phi) is 5.30. The van der Waals surface area contributed by atoms with Gasteiger partial charge in [0.1, 0.15) is 15.3 Å². The summed E-state index contributed by atoms with van der Waals surface area (Å²) in [6.45, 7) is 0.307. The highest BCUT2D eigenvalue weighted by atomic mass is 32.2. The first kappa shape index (κ1) is 19.6. The summed E-state index contributed by atoms with van der Waals surface area (Å²) < 4.78 is 27.5. The summed E-state index contributed by atoms with van der Waals surface area (Å²) in [4.78, 5) is 26.1. The molecule has 0 spiro atoms. The first-order valence-electron chi connectivity index (χ1n) is 9.20. The van der Waals surface area contributed by atoms with E-state index in [9.17, 15) is 18.0 Å². The number of piperidine rings is 1. The smallest absolute Gasteiger partial charge is 0.253 e. The van der Waals surface area contributed by atoms with Gasteiger partial charge in [0.15, 0.2) is 0 Å². The lowest BCUT2D eigenvalue weighted by atomic mass is 10.0. The van der Waals surface area contributed by atoms with Crippen LogP contribution in [0.5, 0.6) is 0 Å². The summed E-state index contributed by atoms with van der Waals surface area (Å²) >= 11 is 2.52. The van der Waals surface area contributed by atoms with Gasteiger partial charge >= 0.3 is 0 Å². The molecule has 28 heavy (non-hydrogen) atoms. The molecule has 1 aliphatic carbocycles. The molecule has 0 unspecified atom stereocenters. The van der Waals surface area contributed by atoms with Gasteiger partial charge in [-0.1, -0.05) is 12.5 Å². The second-order valence-electron chi connectivity index (χ2n) is 6.97. The lowest BCUT2D eigenvalue weighted by molar-refractivity contribution is -0.120. The molecule has 10 heteroatoms. The van der Waals surface area contributed by atoms with Crippen LogP contribution in [-0.2, 0) is 27.7 Å². The van der Waals surface area contributed by atoms with Crippen molar-refractivity contribution in [3.05, 3.63) is 33.5 Å². The summed E-state index contributed by atoms with van der Waals surface area (Å²) in [5.41, 5.74) is 6.87. The molecular formula is C18H21N3O4S3. The van der Waals surface area contributed by atoms with Crippen molar-refractivity contribution in [1.82, 2.24) is 4.31 Å². The molecule has 150 valence electrons. The van der Waals surface area contributed by atoms with Gasteiger partial charge in [-0.05, 0) is 49.1 Å². The van der Waals surface area contributed by atoms with Crippen LogP contribution in [0.4, 0.5) is 5.00 Å². The number of thiophene rings is 2. The molecule has 2 aliphatic rings. The SMILES string of the molecule is NC(=O)c1c(NC(=O)[C@H]2CCCCN2S(=O)(=O)c2cccs2)sc2c1CCC2. The number of anilines is 1. The number of primary amides is 1.